The van der Waals surface area contributed by atoms with Crippen LogP contribution in [-0.4, -0.2) is 15.0 Å². The summed E-state index contributed by atoms with van der Waals surface area (Å²) in [4.78, 5) is 12.8. The van der Waals surface area contributed by atoms with Crippen molar-refractivity contribution in [3.05, 3.63) is 60.2 Å². The highest BCUT2D eigenvalue weighted by Gasteiger charge is 2.03. The van der Waals surface area contributed by atoms with Crippen molar-refractivity contribution in [3.63, 3.8) is 0 Å². The fraction of sp³-hybridized carbons (Fsp3) is 0.0714. The monoisotopic (exact) mass is 272 g/mol. The first-order valence-electron chi connectivity index (χ1n) is 5.72. The molecule has 0 spiro atoms. The Morgan fingerprint density at radius 3 is 2.47 bits per heavy atom. The predicted octanol–water partition coefficient (Wildman–Crippen LogP) is 2.62. The van der Waals surface area contributed by atoms with Crippen molar-refractivity contribution in [1.82, 2.24) is 15.0 Å². The summed E-state index contributed by atoms with van der Waals surface area (Å²) in [5, 5.41) is 0. The second kappa shape index (κ2) is 5.63. The quantitative estimate of drug-likeness (QED) is 0.779. The predicted molar refractivity (Wildman–Crippen MR) is 78.2 cm³/mol. The summed E-state index contributed by atoms with van der Waals surface area (Å²) in [5.74, 6) is 0. The minimum Gasteiger partial charge on any atom is -0.397 e. The van der Waals surface area contributed by atoms with E-state index in [2.05, 4.69) is 15.0 Å². The number of hydrogen-bond acceptors (Lipinski definition) is 4. The van der Waals surface area contributed by atoms with Gasteiger partial charge in [0, 0.05) is 25.0 Å². The Bertz CT molecular complexity index is 700. The molecule has 3 rings (SSSR count). The van der Waals surface area contributed by atoms with Gasteiger partial charge in [-0.2, -0.15) is 0 Å². The summed E-state index contributed by atoms with van der Waals surface area (Å²) in [6, 6.07) is 9.73. The van der Waals surface area contributed by atoms with E-state index in [4.69, 9.17) is 5.73 Å². The third-order valence-corrected chi connectivity index (χ3v) is 2.83. The first-order chi connectivity index (χ1) is 8.83. The fourth-order valence-electron chi connectivity index (χ4n) is 1.91. The molecule has 19 heavy (non-hydrogen) atoms. The number of pyridine rings is 1. The zero-order chi connectivity index (χ0) is 12.4. The third-order valence-electron chi connectivity index (χ3n) is 2.83. The Morgan fingerprint density at radius 2 is 1.68 bits per heavy atom. The Morgan fingerprint density at radius 1 is 0.895 bits per heavy atom. The molecule has 0 atom stereocenters. The molecule has 0 fully saturated rings. The topological polar surface area (TPSA) is 64.7 Å². The first kappa shape index (κ1) is 13.2. The molecule has 0 saturated heterocycles. The van der Waals surface area contributed by atoms with Crippen molar-refractivity contribution in [2.75, 3.05) is 5.73 Å². The summed E-state index contributed by atoms with van der Waals surface area (Å²) in [5.41, 5.74) is 10.4. The number of rotatable bonds is 2. The van der Waals surface area contributed by atoms with Crippen LogP contribution in [0.1, 0.15) is 11.3 Å². The van der Waals surface area contributed by atoms with Crippen LogP contribution in [0.3, 0.4) is 0 Å². The van der Waals surface area contributed by atoms with E-state index >= 15 is 0 Å². The number of aromatic nitrogens is 3. The lowest BCUT2D eigenvalue weighted by Crippen LogP contribution is -1.98. The van der Waals surface area contributed by atoms with E-state index in [0.29, 0.717) is 6.42 Å². The second-order valence-corrected chi connectivity index (χ2v) is 4.10. The Balaban J connectivity index is 0.00000133. The molecule has 2 heterocycles. The van der Waals surface area contributed by atoms with Gasteiger partial charge < -0.3 is 5.73 Å². The van der Waals surface area contributed by atoms with Gasteiger partial charge in [0.2, 0.25) is 0 Å². The maximum Gasteiger partial charge on any atom is 0.0889 e. The molecule has 0 aliphatic rings. The molecular formula is C14H13ClN4. The molecule has 0 radical (unpaired) electrons. The minimum absolute atomic E-state index is 0. The maximum absolute atomic E-state index is 5.89. The number of halogens is 1. The van der Waals surface area contributed by atoms with E-state index in [9.17, 15) is 0 Å². The van der Waals surface area contributed by atoms with E-state index in [1.807, 2.05) is 30.3 Å². The number of anilines is 1. The summed E-state index contributed by atoms with van der Waals surface area (Å²) < 4.78 is 0. The summed E-state index contributed by atoms with van der Waals surface area (Å²) in [6.07, 6.45) is 5.85. The van der Waals surface area contributed by atoms with Gasteiger partial charge in [-0.1, -0.05) is 6.07 Å². The van der Waals surface area contributed by atoms with Crippen LogP contribution in [0.5, 0.6) is 0 Å². The molecule has 0 unspecified atom stereocenters. The average Bonchev–Trinajstić information content (AvgIpc) is 2.41. The Kier molecular flexibility index (Phi) is 3.92. The Hall–Kier alpha value is -2.20. The van der Waals surface area contributed by atoms with Crippen molar-refractivity contribution in [1.29, 1.82) is 0 Å². The van der Waals surface area contributed by atoms with Crippen molar-refractivity contribution in [3.8, 4) is 0 Å². The molecule has 0 amide bonds. The molecule has 3 aromatic rings. The van der Waals surface area contributed by atoms with Crippen LogP contribution in [-0.2, 0) is 6.42 Å². The van der Waals surface area contributed by atoms with Crippen molar-refractivity contribution < 1.29 is 0 Å². The zero-order valence-corrected chi connectivity index (χ0v) is 11.0. The maximum atomic E-state index is 5.89. The van der Waals surface area contributed by atoms with Crippen molar-refractivity contribution in [2.24, 2.45) is 0 Å². The van der Waals surface area contributed by atoms with Gasteiger partial charge in [-0.25, -0.2) is 0 Å². The molecule has 2 N–H and O–H groups in total. The lowest BCUT2D eigenvalue weighted by molar-refractivity contribution is 1.08. The molecule has 96 valence electrons. The molecule has 2 aromatic heterocycles. The number of benzene rings is 1. The standard InChI is InChI=1S/C14H12N4.ClH/c15-11-2-1-5-16-13(11)8-10-3-4-12-14(9-10)18-7-6-17-12;/h1-7,9H,8,15H2;1H. The molecule has 1 aromatic carbocycles. The summed E-state index contributed by atoms with van der Waals surface area (Å²) >= 11 is 0. The van der Waals surface area contributed by atoms with Crippen molar-refractivity contribution in [2.45, 2.75) is 6.42 Å². The van der Waals surface area contributed by atoms with E-state index < -0.39 is 0 Å². The van der Waals surface area contributed by atoms with Gasteiger partial charge >= 0.3 is 0 Å². The van der Waals surface area contributed by atoms with E-state index in [1.165, 1.54) is 0 Å². The molecule has 5 heteroatoms. The van der Waals surface area contributed by atoms with Gasteiger partial charge in [-0.3, -0.25) is 15.0 Å². The minimum atomic E-state index is 0. The van der Waals surface area contributed by atoms with E-state index in [1.54, 1.807) is 18.6 Å². The van der Waals surface area contributed by atoms with Crippen LogP contribution >= 0.6 is 12.4 Å². The number of nitrogen functional groups attached to an aromatic ring is 1. The lowest BCUT2D eigenvalue weighted by Gasteiger charge is -2.05. The molecule has 0 saturated carbocycles. The molecule has 4 nitrogen and oxygen atoms in total. The van der Waals surface area contributed by atoms with Crippen LogP contribution in [0, 0.1) is 0 Å². The lowest BCUT2D eigenvalue weighted by atomic mass is 10.1. The smallest absolute Gasteiger partial charge is 0.0889 e. The van der Waals surface area contributed by atoms with Crippen LogP contribution in [0.2, 0.25) is 0 Å². The van der Waals surface area contributed by atoms with Gasteiger partial charge in [-0.15, -0.1) is 12.4 Å². The summed E-state index contributed by atoms with van der Waals surface area (Å²) in [6.45, 7) is 0. The first-order valence-corrected chi connectivity index (χ1v) is 5.72. The van der Waals surface area contributed by atoms with Gasteiger partial charge in [0.25, 0.3) is 0 Å². The van der Waals surface area contributed by atoms with Crippen molar-refractivity contribution >= 4 is 29.1 Å². The SMILES string of the molecule is Cl.Nc1cccnc1Cc1ccc2nccnc2c1. The third kappa shape index (κ3) is 2.80. The average molecular weight is 273 g/mol. The van der Waals surface area contributed by atoms with Gasteiger partial charge in [0.1, 0.15) is 0 Å². The summed E-state index contributed by atoms with van der Waals surface area (Å²) in [7, 11) is 0. The number of nitrogens with two attached hydrogens (primary N) is 1. The highest BCUT2D eigenvalue weighted by molar-refractivity contribution is 5.85. The van der Waals surface area contributed by atoms with Crippen LogP contribution in [0.25, 0.3) is 11.0 Å². The van der Waals surface area contributed by atoms with Gasteiger partial charge in [-0.05, 0) is 29.8 Å². The van der Waals surface area contributed by atoms with E-state index in [0.717, 1.165) is 28.0 Å². The highest BCUT2D eigenvalue weighted by Crippen LogP contribution is 2.16. The molecule has 0 aliphatic heterocycles. The second-order valence-electron chi connectivity index (χ2n) is 4.10. The number of nitrogens with zero attached hydrogens (tertiary/aromatic N) is 3. The fourth-order valence-corrected chi connectivity index (χ4v) is 1.91. The van der Waals surface area contributed by atoms with Gasteiger partial charge in [0.05, 0.1) is 22.4 Å². The van der Waals surface area contributed by atoms with Crippen LogP contribution in [0.4, 0.5) is 5.69 Å². The zero-order valence-electron chi connectivity index (χ0n) is 10.2. The van der Waals surface area contributed by atoms with Crippen LogP contribution in [0.15, 0.2) is 48.9 Å². The molecule has 0 bridgehead atoms. The van der Waals surface area contributed by atoms with Crippen LogP contribution < -0.4 is 5.73 Å². The molecule has 0 aliphatic carbocycles. The highest BCUT2D eigenvalue weighted by atomic mass is 35.5. The number of fused-ring (bicyclic) bond motifs is 1. The van der Waals surface area contributed by atoms with E-state index in [-0.39, 0.29) is 12.4 Å². The Labute approximate surface area is 117 Å². The van der Waals surface area contributed by atoms with Gasteiger partial charge in [0.15, 0.2) is 0 Å². The number of hydrogen-bond donors (Lipinski definition) is 1. The normalized spacial score (nSPS) is 10.1. The largest absolute Gasteiger partial charge is 0.397 e. The molecular weight excluding hydrogens is 260 g/mol.